The van der Waals surface area contributed by atoms with Crippen LogP contribution in [0.4, 0.5) is 11.4 Å². The number of ether oxygens (including phenoxy) is 1. The largest absolute Gasteiger partial charge is 0.515 e. The third kappa shape index (κ3) is 5.84. The van der Waals surface area contributed by atoms with E-state index in [9.17, 15) is 19.7 Å². The van der Waals surface area contributed by atoms with Crippen LogP contribution in [-0.4, -0.2) is 23.9 Å². The minimum Gasteiger partial charge on any atom is -0.465 e. The summed E-state index contributed by atoms with van der Waals surface area (Å²) in [6.07, 6.45) is 1.11. The molecule has 0 saturated heterocycles. The Hall–Kier alpha value is -4.51. The van der Waals surface area contributed by atoms with Crippen LogP contribution in [0.15, 0.2) is 66.7 Å². The van der Waals surface area contributed by atoms with Crippen LogP contribution in [0.5, 0.6) is 0 Å². The topological polar surface area (TPSA) is 103 Å². The molecule has 0 atom stereocenters. The number of hydrogen-bond donors (Lipinski definition) is 1. The van der Waals surface area contributed by atoms with Crippen molar-refractivity contribution in [1.29, 1.82) is 0 Å². The summed E-state index contributed by atoms with van der Waals surface area (Å²) in [5, 5.41) is 14.4. The number of esters is 1. The lowest BCUT2D eigenvalue weighted by Crippen LogP contribution is -2.10. The normalized spacial score (nSPS) is 10.1. The van der Waals surface area contributed by atoms with E-state index >= 15 is 0 Å². The molecule has 0 aromatic heterocycles. The summed E-state index contributed by atoms with van der Waals surface area (Å²) in [6.45, 7) is 2.18. The number of nitro benzene ring substituents is 1. The second-order valence-corrected chi connectivity index (χ2v) is 7.41. The number of nitrogens with one attached hydrogen (secondary N) is 1. The number of carbonyl (C=O) groups excluding carboxylic acids is 2. The van der Waals surface area contributed by atoms with Crippen molar-refractivity contribution in [2.75, 3.05) is 12.4 Å². The Morgan fingerprint density at radius 3 is 2.47 bits per heavy atom. The van der Waals surface area contributed by atoms with Gasteiger partial charge in [-0.3, -0.25) is 10.1 Å². The maximum atomic E-state index is 12.1. The van der Waals surface area contributed by atoms with Crippen molar-refractivity contribution in [2.45, 2.75) is 26.3 Å². The molecule has 0 heterocycles. The Morgan fingerprint density at radius 2 is 1.79 bits per heavy atom. The van der Waals surface area contributed by atoms with Gasteiger partial charge in [-0.05, 0) is 29.7 Å². The van der Waals surface area contributed by atoms with Crippen LogP contribution in [0.25, 0.3) is 16.0 Å². The van der Waals surface area contributed by atoms with Crippen molar-refractivity contribution < 1.29 is 19.2 Å². The van der Waals surface area contributed by atoms with Crippen LogP contribution in [-0.2, 0) is 16.1 Å². The fraction of sp³-hybridized carbons (Fsp3) is 0.192. The van der Waals surface area contributed by atoms with Gasteiger partial charge in [0.05, 0.1) is 24.0 Å². The third-order valence-electron chi connectivity index (χ3n) is 5.07. The van der Waals surface area contributed by atoms with Crippen LogP contribution < -0.4 is 5.32 Å². The Balaban J connectivity index is 1.82. The summed E-state index contributed by atoms with van der Waals surface area (Å²) < 4.78 is 4.75. The summed E-state index contributed by atoms with van der Waals surface area (Å²) in [4.78, 5) is 38.6. The van der Waals surface area contributed by atoms with Crippen LogP contribution in [0.2, 0.25) is 0 Å². The van der Waals surface area contributed by atoms with Crippen molar-refractivity contribution in [3.8, 4) is 17.2 Å². The number of para-hydroxylation sites is 1. The summed E-state index contributed by atoms with van der Waals surface area (Å²) in [7, 11) is 1.23. The zero-order valence-electron chi connectivity index (χ0n) is 18.9. The van der Waals surface area contributed by atoms with Gasteiger partial charge in [0.25, 0.3) is 5.69 Å². The zero-order valence-corrected chi connectivity index (χ0v) is 18.9. The SMILES string of the molecule is CCCC(=O)[N+]#Cc1ccccc1-c1ccc(CNc2c(C(=O)OC)cccc2[N+](=O)[O-])cc1. The van der Waals surface area contributed by atoms with E-state index < -0.39 is 10.9 Å². The molecule has 0 unspecified atom stereocenters. The highest BCUT2D eigenvalue weighted by molar-refractivity contribution is 5.98. The molecule has 1 N–H and O–H groups in total. The van der Waals surface area contributed by atoms with Gasteiger partial charge >= 0.3 is 17.9 Å². The monoisotopic (exact) mass is 458 g/mol. The van der Waals surface area contributed by atoms with Gasteiger partial charge in [0.1, 0.15) is 11.3 Å². The molecule has 3 rings (SSSR count). The van der Waals surface area contributed by atoms with E-state index in [1.54, 1.807) is 0 Å². The predicted octanol–water partition coefficient (Wildman–Crippen LogP) is 5.67. The number of rotatable bonds is 8. The molecule has 34 heavy (non-hydrogen) atoms. The molecule has 0 aliphatic heterocycles. The van der Waals surface area contributed by atoms with E-state index in [-0.39, 0.29) is 29.4 Å². The van der Waals surface area contributed by atoms with Crippen LogP contribution in [0.1, 0.15) is 41.3 Å². The van der Waals surface area contributed by atoms with Gasteiger partial charge in [-0.2, -0.15) is 0 Å². The van der Waals surface area contributed by atoms with Gasteiger partial charge in [0.2, 0.25) is 0 Å². The molecule has 8 nitrogen and oxygen atoms in total. The molecule has 0 aliphatic rings. The van der Waals surface area contributed by atoms with Gasteiger partial charge in [-0.15, -0.1) is 0 Å². The lowest BCUT2D eigenvalue weighted by molar-refractivity contribution is -0.384. The Labute approximate surface area is 197 Å². The number of hydrogen-bond acceptors (Lipinski definition) is 6. The number of amides is 1. The van der Waals surface area contributed by atoms with Gasteiger partial charge in [-0.1, -0.05) is 55.5 Å². The molecule has 0 radical (unpaired) electrons. The number of benzene rings is 3. The Morgan fingerprint density at radius 1 is 1.06 bits per heavy atom. The molecule has 0 aliphatic carbocycles. The van der Waals surface area contributed by atoms with E-state index in [1.165, 1.54) is 25.3 Å². The quantitative estimate of drug-likeness (QED) is 0.265. The molecule has 0 fully saturated rings. The summed E-state index contributed by atoms with van der Waals surface area (Å²) >= 11 is 0. The zero-order chi connectivity index (χ0) is 24.5. The van der Waals surface area contributed by atoms with Crippen molar-refractivity contribution >= 4 is 23.3 Å². The smallest absolute Gasteiger partial charge is 0.465 e. The second kappa shape index (κ2) is 11.4. The lowest BCUT2D eigenvalue weighted by Gasteiger charge is -2.12. The lowest BCUT2D eigenvalue weighted by atomic mass is 9.99. The highest BCUT2D eigenvalue weighted by Gasteiger charge is 2.22. The standard InChI is InChI=1S/C26H23N3O5/c1-3-7-24(30)27-17-20-8-4-5-9-21(20)19-14-12-18(13-15-19)16-28-25-22(26(31)34-2)10-6-11-23(25)29(32)33/h4-6,8-15H,3,7,16H2,1-2H3/p+1. The molecule has 172 valence electrons. The predicted molar refractivity (Wildman–Crippen MR) is 130 cm³/mol. The van der Waals surface area contributed by atoms with Crippen molar-refractivity contribution in [2.24, 2.45) is 0 Å². The van der Waals surface area contributed by atoms with Crippen LogP contribution in [0, 0.1) is 16.2 Å². The average Bonchev–Trinajstić information content (AvgIpc) is 2.86. The van der Waals surface area contributed by atoms with E-state index in [4.69, 9.17) is 4.74 Å². The molecular weight excluding hydrogens is 434 g/mol. The van der Waals surface area contributed by atoms with Gasteiger partial charge in [0.15, 0.2) is 0 Å². The molecule has 3 aromatic carbocycles. The minimum absolute atomic E-state index is 0.0923. The number of nitrogens with zero attached hydrogens (tertiary/aromatic N) is 2. The first-order valence-electron chi connectivity index (χ1n) is 10.7. The molecule has 1 amide bonds. The van der Waals surface area contributed by atoms with Crippen molar-refractivity contribution in [3.63, 3.8) is 0 Å². The van der Waals surface area contributed by atoms with Gasteiger partial charge in [-0.25, -0.2) is 9.59 Å². The molecular formula is C26H24N3O5+. The fourth-order valence-corrected chi connectivity index (χ4v) is 3.38. The molecule has 0 spiro atoms. The number of methoxy groups -OCH3 is 1. The highest BCUT2D eigenvalue weighted by atomic mass is 16.6. The highest BCUT2D eigenvalue weighted by Crippen LogP contribution is 2.30. The first-order chi connectivity index (χ1) is 16.4. The van der Waals surface area contributed by atoms with Gasteiger partial charge < -0.3 is 10.1 Å². The molecule has 0 bridgehead atoms. The molecule has 0 saturated carbocycles. The summed E-state index contributed by atoms with van der Waals surface area (Å²) in [6, 6.07) is 22.2. The first kappa shape index (κ1) is 24.1. The number of nitro groups is 1. The fourth-order valence-electron chi connectivity index (χ4n) is 3.38. The second-order valence-electron chi connectivity index (χ2n) is 7.41. The van der Waals surface area contributed by atoms with Gasteiger partial charge in [0, 0.05) is 23.0 Å². The average molecular weight is 458 g/mol. The van der Waals surface area contributed by atoms with E-state index in [0.717, 1.165) is 23.1 Å². The summed E-state index contributed by atoms with van der Waals surface area (Å²) in [5.74, 6) is -0.867. The number of anilines is 1. The first-order valence-corrected chi connectivity index (χ1v) is 10.7. The molecule has 3 aromatic rings. The van der Waals surface area contributed by atoms with Crippen molar-refractivity contribution in [3.05, 3.63) is 98.4 Å². The Kier molecular flexibility index (Phi) is 8.08. The van der Waals surface area contributed by atoms with E-state index in [0.29, 0.717) is 12.0 Å². The maximum Gasteiger partial charge on any atom is 0.515 e. The maximum absolute atomic E-state index is 12.1. The Bertz CT molecular complexity index is 1270. The van der Waals surface area contributed by atoms with E-state index in [1.807, 2.05) is 55.5 Å². The minimum atomic E-state index is -0.659. The van der Waals surface area contributed by atoms with Crippen LogP contribution in [0.3, 0.4) is 0 Å². The van der Waals surface area contributed by atoms with Crippen molar-refractivity contribution in [1.82, 2.24) is 0 Å². The third-order valence-corrected chi connectivity index (χ3v) is 5.07. The summed E-state index contributed by atoms with van der Waals surface area (Å²) in [5.41, 5.74) is 3.34. The molecule has 8 heteroatoms. The van der Waals surface area contributed by atoms with Crippen LogP contribution >= 0.6 is 0 Å². The van der Waals surface area contributed by atoms with E-state index in [2.05, 4.69) is 16.2 Å². The number of carbonyl (C=O) groups is 2.